The summed E-state index contributed by atoms with van der Waals surface area (Å²) in [6, 6.07) is 0. The molecule has 0 radical (unpaired) electrons. The molecule has 4 heteroatoms. The second kappa shape index (κ2) is 16.9. The highest BCUT2D eigenvalue weighted by Gasteiger charge is 2.03. The van der Waals surface area contributed by atoms with Gasteiger partial charge < -0.3 is 19.7 Å². The first kappa shape index (κ1) is 19.8. The van der Waals surface area contributed by atoms with E-state index in [1.807, 2.05) is 0 Å². The molecule has 4 nitrogen and oxygen atoms in total. The van der Waals surface area contributed by atoms with E-state index in [1.165, 1.54) is 44.9 Å². The van der Waals surface area contributed by atoms with Crippen molar-refractivity contribution in [3.63, 3.8) is 0 Å². The lowest BCUT2D eigenvalue weighted by molar-refractivity contribution is -0.00465. The van der Waals surface area contributed by atoms with Gasteiger partial charge >= 0.3 is 0 Å². The Kier molecular flexibility index (Phi) is 16.8. The Morgan fingerprint density at radius 3 is 2.05 bits per heavy atom. The molecule has 0 bridgehead atoms. The highest BCUT2D eigenvalue weighted by atomic mass is 16.5. The van der Waals surface area contributed by atoms with Crippen molar-refractivity contribution in [2.24, 2.45) is 0 Å². The van der Waals surface area contributed by atoms with Crippen LogP contribution >= 0.6 is 0 Å². The van der Waals surface area contributed by atoms with E-state index in [0.717, 1.165) is 12.8 Å². The molecule has 20 heavy (non-hydrogen) atoms. The fourth-order valence-corrected chi connectivity index (χ4v) is 2.10. The van der Waals surface area contributed by atoms with E-state index in [-0.39, 0.29) is 12.7 Å². The van der Waals surface area contributed by atoms with Crippen LogP contribution in [-0.4, -0.2) is 49.4 Å². The third-order valence-electron chi connectivity index (χ3n) is 3.31. The zero-order valence-electron chi connectivity index (χ0n) is 13.2. The van der Waals surface area contributed by atoms with Gasteiger partial charge in [-0.2, -0.15) is 0 Å². The molecule has 0 saturated heterocycles. The molecule has 122 valence electrons. The lowest BCUT2D eigenvalue weighted by atomic mass is 10.1. The van der Waals surface area contributed by atoms with E-state index < -0.39 is 0 Å². The number of ether oxygens (including phenoxy) is 2. The predicted octanol–water partition coefficient (Wildman–Crippen LogP) is 2.90. The maximum absolute atomic E-state index is 9.72. The van der Waals surface area contributed by atoms with Gasteiger partial charge in [0.05, 0.1) is 39.1 Å². The summed E-state index contributed by atoms with van der Waals surface area (Å²) in [4.78, 5) is 0. The Morgan fingerprint density at radius 2 is 1.40 bits per heavy atom. The number of rotatable bonds is 16. The fraction of sp³-hybridized carbons (Fsp3) is 1.00. The Bertz CT molecular complexity index is 176. The average molecular weight is 290 g/mol. The van der Waals surface area contributed by atoms with E-state index >= 15 is 0 Å². The van der Waals surface area contributed by atoms with Crippen LogP contribution in [0.4, 0.5) is 0 Å². The van der Waals surface area contributed by atoms with Crippen LogP contribution in [0.5, 0.6) is 0 Å². The summed E-state index contributed by atoms with van der Waals surface area (Å²) in [5, 5.41) is 18.2. The summed E-state index contributed by atoms with van der Waals surface area (Å²) in [6.45, 7) is 3.98. The number of unbranched alkanes of at least 4 members (excludes halogenated alkanes) is 7. The molecule has 0 amide bonds. The number of hydrogen-bond donors (Lipinski definition) is 2. The fourth-order valence-electron chi connectivity index (χ4n) is 2.10. The van der Waals surface area contributed by atoms with E-state index in [2.05, 4.69) is 6.92 Å². The van der Waals surface area contributed by atoms with Gasteiger partial charge in [0.15, 0.2) is 0 Å². The van der Waals surface area contributed by atoms with E-state index in [9.17, 15) is 5.11 Å². The molecule has 0 spiro atoms. The molecule has 0 saturated carbocycles. The number of hydrogen-bond acceptors (Lipinski definition) is 4. The van der Waals surface area contributed by atoms with Crippen molar-refractivity contribution >= 4 is 0 Å². The van der Waals surface area contributed by atoms with Crippen LogP contribution in [0.25, 0.3) is 0 Å². The van der Waals surface area contributed by atoms with E-state index in [0.29, 0.717) is 26.4 Å². The van der Waals surface area contributed by atoms with Gasteiger partial charge in [0.2, 0.25) is 0 Å². The second-order valence-electron chi connectivity index (χ2n) is 5.33. The zero-order chi connectivity index (χ0) is 14.9. The van der Waals surface area contributed by atoms with Gasteiger partial charge in [-0.3, -0.25) is 0 Å². The molecule has 0 heterocycles. The third kappa shape index (κ3) is 15.9. The van der Waals surface area contributed by atoms with Crippen LogP contribution in [0.3, 0.4) is 0 Å². The molecule has 0 aliphatic heterocycles. The Balaban J connectivity index is 3.10. The summed E-state index contributed by atoms with van der Waals surface area (Å²) in [5.74, 6) is 0. The van der Waals surface area contributed by atoms with Gasteiger partial charge in [-0.1, -0.05) is 58.3 Å². The quantitative estimate of drug-likeness (QED) is 0.429. The van der Waals surface area contributed by atoms with Gasteiger partial charge in [-0.25, -0.2) is 0 Å². The minimum atomic E-state index is -0.354. The molecule has 0 aliphatic carbocycles. The maximum Gasteiger partial charge on any atom is 0.0773 e. The SMILES string of the molecule is CCCCCCCCCC[C@H](O)COCCOCCO. The van der Waals surface area contributed by atoms with Crippen molar-refractivity contribution in [2.45, 2.75) is 70.8 Å². The first-order valence-electron chi connectivity index (χ1n) is 8.25. The van der Waals surface area contributed by atoms with Gasteiger partial charge in [-0.05, 0) is 6.42 Å². The van der Waals surface area contributed by atoms with Crippen molar-refractivity contribution in [1.82, 2.24) is 0 Å². The van der Waals surface area contributed by atoms with Gasteiger partial charge in [0, 0.05) is 0 Å². The minimum absolute atomic E-state index is 0.0427. The number of aliphatic hydroxyl groups is 2. The van der Waals surface area contributed by atoms with Crippen LogP contribution in [-0.2, 0) is 9.47 Å². The monoisotopic (exact) mass is 290 g/mol. The zero-order valence-corrected chi connectivity index (χ0v) is 13.2. The molecular formula is C16H34O4. The van der Waals surface area contributed by atoms with Gasteiger partial charge in [-0.15, -0.1) is 0 Å². The highest BCUT2D eigenvalue weighted by Crippen LogP contribution is 2.10. The first-order valence-corrected chi connectivity index (χ1v) is 8.25. The van der Waals surface area contributed by atoms with E-state index in [1.54, 1.807) is 0 Å². The Labute approximate surface area is 124 Å². The highest BCUT2D eigenvalue weighted by molar-refractivity contribution is 4.55. The molecule has 0 rings (SSSR count). The lowest BCUT2D eigenvalue weighted by Gasteiger charge is -2.11. The third-order valence-corrected chi connectivity index (χ3v) is 3.31. The van der Waals surface area contributed by atoms with Crippen molar-refractivity contribution in [1.29, 1.82) is 0 Å². The van der Waals surface area contributed by atoms with Crippen LogP contribution in [0.1, 0.15) is 64.7 Å². The van der Waals surface area contributed by atoms with Crippen molar-refractivity contribution in [2.75, 3.05) is 33.0 Å². The summed E-state index contributed by atoms with van der Waals surface area (Å²) in [6.07, 6.45) is 10.8. The summed E-state index contributed by atoms with van der Waals surface area (Å²) >= 11 is 0. The number of aliphatic hydroxyl groups excluding tert-OH is 2. The minimum Gasteiger partial charge on any atom is -0.394 e. The van der Waals surface area contributed by atoms with Crippen LogP contribution < -0.4 is 0 Å². The first-order chi connectivity index (χ1) is 9.81. The smallest absolute Gasteiger partial charge is 0.0773 e. The van der Waals surface area contributed by atoms with Crippen LogP contribution in [0.2, 0.25) is 0 Å². The largest absolute Gasteiger partial charge is 0.394 e. The standard InChI is InChI=1S/C16H34O4/c1-2-3-4-5-6-7-8-9-10-16(18)15-20-14-13-19-12-11-17/h16-18H,2-15H2,1H3/t16-/m0/s1. The Hall–Kier alpha value is -0.160. The molecule has 0 fully saturated rings. The van der Waals surface area contributed by atoms with Crippen molar-refractivity contribution < 1.29 is 19.7 Å². The van der Waals surface area contributed by atoms with Crippen molar-refractivity contribution in [3.8, 4) is 0 Å². The summed E-state index contributed by atoms with van der Waals surface area (Å²) < 4.78 is 10.4. The molecule has 0 aromatic heterocycles. The lowest BCUT2D eigenvalue weighted by Crippen LogP contribution is -2.17. The van der Waals surface area contributed by atoms with Crippen molar-refractivity contribution in [3.05, 3.63) is 0 Å². The molecule has 0 aliphatic rings. The Morgan fingerprint density at radius 1 is 0.800 bits per heavy atom. The summed E-state index contributed by atoms with van der Waals surface area (Å²) in [5.41, 5.74) is 0. The van der Waals surface area contributed by atoms with Gasteiger partial charge in [0.1, 0.15) is 0 Å². The topological polar surface area (TPSA) is 58.9 Å². The van der Waals surface area contributed by atoms with Crippen LogP contribution in [0, 0.1) is 0 Å². The van der Waals surface area contributed by atoms with E-state index in [4.69, 9.17) is 14.6 Å². The maximum atomic E-state index is 9.72. The molecule has 2 N–H and O–H groups in total. The van der Waals surface area contributed by atoms with Crippen LogP contribution in [0.15, 0.2) is 0 Å². The molecule has 0 aromatic carbocycles. The van der Waals surface area contributed by atoms with Gasteiger partial charge in [0.25, 0.3) is 0 Å². The summed E-state index contributed by atoms with van der Waals surface area (Å²) in [7, 11) is 0. The average Bonchev–Trinajstić information content (AvgIpc) is 2.45. The molecule has 0 aromatic rings. The molecular weight excluding hydrogens is 256 g/mol. The predicted molar refractivity (Wildman–Crippen MR) is 82.0 cm³/mol. The molecule has 1 atom stereocenters. The normalized spacial score (nSPS) is 12.8. The molecule has 0 unspecified atom stereocenters. The second-order valence-corrected chi connectivity index (χ2v) is 5.33.